The monoisotopic (exact) mass is 525 g/mol. The molecule has 0 saturated carbocycles. The first-order valence-corrected chi connectivity index (χ1v) is 12.0. The van der Waals surface area contributed by atoms with E-state index in [1.165, 1.54) is 17.0 Å². The summed E-state index contributed by atoms with van der Waals surface area (Å²) in [6.45, 7) is 0.824. The van der Waals surface area contributed by atoms with E-state index in [4.69, 9.17) is 9.47 Å². The summed E-state index contributed by atoms with van der Waals surface area (Å²) in [5.74, 6) is -2.12. The van der Waals surface area contributed by atoms with Crippen molar-refractivity contribution < 1.29 is 49.0 Å². The van der Waals surface area contributed by atoms with Crippen LogP contribution in [0.1, 0.15) is 34.3 Å². The van der Waals surface area contributed by atoms with Gasteiger partial charge < -0.3 is 14.4 Å². The highest BCUT2D eigenvalue weighted by Crippen LogP contribution is 2.40. The molecule has 1 aliphatic heterocycles. The summed E-state index contributed by atoms with van der Waals surface area (Å²) in [6, 6.07) is 6.37. The second-order valence-electron chi connectivity index (χ2n) is 8.07. The van der Waals surface area contributed by atoms with E-state index in [-0.39, 0.29) is 19.0 Å². The van der Waals surface area contributed by atoms with Gasteiger partial charge in [0.25, 0.3) is 5.91 Å². The largest absolute Gasteiger partial charge is 0.494 e. The fourth-order valence-electron chi connectivity index (χ4n) is 3.56. The highest BCUT2D eigenvalue weighted by atomic mass is 32.2. The van der Waals surface area contributed by atoms with Gasteiger partial charge in [-0.25, -0.2) is 8.42 Å². The highest BCUT2D eigenvalue weighted by Gasteiger charge is 2.41. The summed E-state index contributed by atoms with van der Waals surface area (Å²) in [5, 5.41) is 0. The molecular formula is C22H21F6NO5S. The summed E-state index contributed by atoms with van der Waals surface area (Å²) >= 11 is 0. The maximum Gasteiger partial charge on any atom is 0.425 e. The van der Waals surface area contributed by atoms with Crippen molar-refractivity contribution in [1.29, 1.82) is 0 Å². The standard InChI is InChI=1S/C22H21F6NO5S/c1-12(21(23,24)25)34-16-8-9-17(35(3,31)32)19(33-2)18(16)20(30)29-10-14(11-29)13-4-6-15(7-5-13)22(26,27)28/h4-9,12,14H,10-11H2,1-3H3/t12-/m1/s1. The van der Waals surface area contributed by atoms with Crippen LogP contribution in [-0.4, -0.2) is 58.0 Å². The normalized spacial score (nSPS) is 16.0. The number of halogens is 6. The van der Waals surface area contributed by atoms with Gasteiger partial charge in [0.1, 0.15) is 16.2 Å². The van der Waals surface area contributed by atoms with E-state index >= 15 is 0 Å². The van der Waals surface area contributed by atoms with Crippen LogP contribution in [0.5, 0.6) is 11.5 Å². The van der Waals surface area contributed by atoms with Gasteiger partial charge in [-0.15, -0.1) is 0 Å². The Morgan fingerprint density at radius 1 is 1.03 bits per heavy atom. The number of rotatable bonds is 6. The third-order valence-corrected chi connectivity index (χ3v) is 6.66. The first-order chi connectivity index (χ1) is 16.0. The molecule has 0 aliphatic carbocycles. The minimum atomic E-state index is -4.76. The van der Waals surface area contributed by atoms with Gasteiger partial charge in [-0.2, -0.15) is 26.3 Å². The van der Waals surface area contributed by atoms with E-state index in [0.717, 1.165) is 44.6 Å². The van der Waals surface area contributed by atoms with Crippen LogP contribution in [0.4, 0.5) is 26.3 Å². The molecule has 1 amide bonds. The molecule has 192 valence electrons. The molecule has 2 aromatic rings. The van der Waals surface area contributed by atoms with Crippen LogP contribution < -0.4 is 9.47 Å². The van der Waals surface area contributed by atoms with Crippen molar-refractivity contribution in [1.82, 2.24) is 4.90 Å². The molecule has 0 radical (unpaired) electrons. The van der Waals surface area contributed by atoms with Gasteiger partial charge in [0.15, 0.2) is 21.7 Å². The molecule has 0 aromatic heterocycles. The Labute approximate surface area is 197 Å². The minimum absolute atomic E-state index is 0.0463. The van der Waals surface area contributed by atoms with Gasteiger partial charge in [-0.1, -0.05) is 12.1 Å². The average molecular weight is 525 g/mol. The number of sulfone groups is 1. The van der Waals surface area contributed by atoms with Crippen molar-refractivity contribution >= 4 is 15.7 Å². The Bertz CT molecular complexity index is 1200. The maximum atomic E-state index is 13.2. The number of carbonyl (C=O) groups excluding carboxylic acids is 1. The van der Waals surface area contributed by atoms with Crippen molar-refractivity contribution in [2.45, 2.75) is 36.2 Å². The summed E-state index contributed by atoms with van der Waals surface area (Å²) in [5.41, 5.74) is -0.769. The number of alkyl halides is 6. The van der Waals surface area contributed by atoms with Crippen LogP contribution in [0, 0.1) is 0 Å². The molecule has 1 atom stereocenters. The first-order valence-electron chi connectivity index (χ1n) is 10.1. The van der Waals surface area contributed by atoms with Crippen LogP contribution in [0.25, 0.3) is 0 Å². The molecule has 1 saturated heterocycles. The van der Waals surface area contributed by atoms with Crippen LogP contribution in [0.15, 0.2) is 41.3 Å². The fourth-order valence-corrected chi connectivity index (χ4v) is 4.39. The lowest BCUT2D eigenvalue weighted by Crippen LogP contribution is -2.48. The van der Waals surface area contributed by atoms with E-state index in [9.17, 15) is 39.6 Å². The summed E-state index contributed by atoms with van der Waals surface area (Å²) in [4.78, 5) is 14.1. The van der Waals surface area contributed by atoms with E-state index in [1.807, 2.05) is 0 Å². The van der Waals surface area contributed by atoms with Gasteiger partial charge in [-0.05, 0) is 36.8 Å². The second-order valence-corrected chi connectivity index (χ2v) is 10.1. The average Bonchev–Trinajstić information content (AvgIpc) is 2.70. The molecule has 0 N–H and O–H groups in total. The minimum Gasteiger partial charge on any atom is -0.494 e. The zero-order valence-corrected chi connectivity index (χ0v) is 19.5. The van der Waals surface area contributed by atoms with Gasteiger partial charge >= 0.3 is 12.4 Å². The molecule has 13 heteroatoms. The summed E-state index contributed by atoms with van der Waals surface area (Å²) in [6.07, 6.45) is -10.7. The Morgan fingerprint density at radius 2 is 1.60 bits per heavy atom. The fraction of sp³-hybridized carbons (Fsp3) is 0.409. The lowest BCUT2D eigenvalue weighted by molar-refractivity contribution is -0.189. The molecule has 0 bridgehead atoms. The van der Waals surface area contributed by atoms with E-state index in [1.54, 1.807) is 0 Å². The Morgan fingerprint density at radius 3 is 2.06 bits per heavy atom. The Hall–Kier alpha value is -2.96. The zero-order valence-electron chi connectivity index (χ0n) is 18.7. The number of benzene rings is 2. The molecule has 35 heavy (non-hydrogen) atoms. The van der Waals surface area contributed by atoms with Crippen LogP contribution in [-0.2, 0) is 16.0 Å². The predicted octanol–water partition coefficient (Wildman–Crippen LogP) is 4.69. The molecule has 1 aliphatic rings. The number of hydrogen-bond acceptors (Lipinski definition) is 5. The lowest BCUT2D eigenvalue weighted by Gasteiger charge is -2.40. The molecular weight excluding hydrogens is 504 g/mol. The summed E-state index contributed by atoms with van der Waals surface area (Å²) in [7, 11) is -2.86. The number of carbonyl (C=O) groups is 1. The van der Waals surface area contributed by atoms with Crippen molar-refractivity contribution in [3.8, 4) is 11.5 Å². The Kier molecular flexibility index (Phi) is 7.04. The topological polar surface area (TPSA) is 72.9 Å². The first kappa shape index (κ1) is 26.6. The number of nitrogens with zero attached hydrogens (tertiary/aromatic N) is 1. The number of amides is 1. The maximum absolute atomic E-state index is 13.2. The predicted molar refractivity (Wildman–Crippen MR) is 112 cm³/mol. The lowest BCUT2D eigenvalue weighted by atomic mass is 9.90. The van der Waals surface area contributed by atoms with Crippen molar-refractivity contribution in [3.05, 3.63) is 53.1 Å². The van der Waals surface area contributed by atoms with Gasteiger partial charge in [0.2, 0.25) is 0 Å². The molecule has 3 rings (SSSR count). The van der Waals surface area contributed by atoms with E-state index < -0.39 is 61.7 Å². The Balaban J connectivity index is 1.92. The number of ether oxygens (including phenoxy) is 2. The number of methoxy groups -OCH3 is 1. The van der Waals surface area contributed by atoms with Gasteiger partial charge in [-0.3, -0.25) is 4.79 Å². The highest BCUT2D eigenvalue weighted by molar-refractivity contribution is 7.90. The SMILES string of the molecule is COc1c(S(C)(=O)=O)ccc(O[C@H](C)C(F)(F)F)c1C(=O)N1CC(c2ccc(C(F)(F)F)cc2)C1. The third-order valence-electron chi connectivity index (χ3n) is 5.54. The van der Waals surface area contributed by atoms with Crippen molar-refractivity contribution in [2.75, 3.05) is 26.5 Å². The third kappa shape index (κ3) is 5.65. The molecule has 2 aromatic carbocycles. The molecule has 6 nitrogen and oxygen atoms in total. The van der Waals surface area contributed by atoms with Crippen LogP contribution in [0.2, 0.25) is 0 Å². The molecule has 0 spiro atoms. The van der Waals surface area contributed by atoms with Crippen molar-refractivity contribution in [3.63, 3.8) is 0 Å². The van der Waals surface area contributed by atoms with E-state index in [0.29, 0.717) is 5.56 Å². The van der Waals surface area contributed by atoms with Gasteiger partial charge in [0, 0.05) is 25.3 Å². The van der Waals surface area contributed by atoms with E-state index in [2.05, 4.69) is 0 Å². The zero-order chi connectivity index (χ0) is 26.3. The molecule has 1 heterocycles. The van der Waals surface area contributed by atoms with Crippen LogP contribution >= 0.6 is 0 Å². The quantitative estimate of drug-likeness (QED) is 0.512. The number of hydrogen-bond donors (Lipinski definition) is 0. The smallest absolute Gasteiger partial charge is 0.425 e. The van der Waals surface area contributed by atoms with Crippen LogP contribution in [0.3, 0.4) is 0 Å². The van der Waals surface area contributed by atoms with Crippen molar-refractivity contribution in [2.24, 2.45) is 0 Å². The molecule has 0 unspecified atom stereocenters. The molecule has 1 fully saturated rings. The van der Waals surface area contributed by atoms with Gasteiger partial charge in [0.05, 0.1) is 12.7 Å². The second kappa shape index (κ2) is 9.25. The summed E-state index contributed by atoms with van der Waals surface area (Å²) < 4.78 is 112. The number of likely N-dealkylation sites (tertiary alicyclic amines) is 1.